The summed E-state index contributed by atoms with van der Waals surface area (Å²) in [5.41, 5.74) is 1.20. The minimum Gasteiger partial charge on any atom is -0.386 e. The molecule has 1 amide bonds. The molecule has 7 heteroatoms. The molecule has 122 valence electrons. The van der Waals surface area contributed by atoms with Gasteiger partial charge in [-0.2, -0.15) is 0 Å². The van der Waals surface area contributed by atoms with E-state index in [1.54, 1.807) is 0 Å². The average Bonchev–Trinajstić information content (AvgIpc) is 3.06. The maximum absolute atomic E-state index is 12.8. The fraction of sp³-hybridized carbons (Fsp3) is 0.118. The van der Waals surface area contributed by atoms with E-state index < -0.39 is 12.0 Å². The number of benzene rings is 2. The van der Waals surface area contributed by atoms with Crippen molar-refractivity contribution in [1.29, 1.82) is 0 Å². The second kappa shape index (κ2) is 7.01. The van der Waals surface area contributed by atoms with Crippen LogP contribution in [0.3, 0.4) is 0 Å². The van der Waals surface area contributed by atoms with Gasteiger partial charge in [-0.3, -0.25) is 4.79 Å². The number of hydrogen-bond donors (Lipinski definition) is 2. The van der Waals surface area contributed by atoms with Crippen LogP contribution in [0.2, 0.25) is 0 Å². The first-order valence-corrected chi connectivity index (χ1v) is 7.31. The van der Waals surface area contributed by atoms with Crippen molar-refractivity contribution in [1.82, 2.24) is 14.8 Å². The summed E-state index contributed by atoms with van der Waals surface area (Å²) in [4.78, 5) is 16.0. The number of nitrogens with one attached hydrogen (secondary N) is 1. The van der Waals surface area contributed by atoms with Crippen molar-refractivity contribution in [3.05, 3.63) is 78.1 Å². The second-order valence-electron chi connectivity index (χ2n) is 5.18. The van der Waals surface area contributed by atoms with Crippen LogP contribution in [-0.2, 0) is 6.54 Å². The van der Waals surface area contributed by atoms with Crippen molar-refractivity contribution < 1.29 is 14.3 Å². The van der Waals surface area contributed by atoms with E-state index in [0.29, 0.717) is 5.69 Å². The molecule has 0 radical (unpaired) electrons. The Labute approximate surface area is 137 Å². The molecule has 0 fully saturated rings. The van der Waals surface area contributed by atoms with Crippen LogP contribution in [-0.4, -0.2) is 25.8 Å². The lowest BCUT2D eigenvalue weighted by Crippen LogP contribution is -2.15. The number of nitrogens with zero attached hydrogens (tertiary/aromatic N) is 3. The third-order valence-electron chi connectivity index (χ3n) is 3.39. The summed E-state index contributed by atoms with van der Waals surface area (Å²) < 4.78 is 14.2. The molecule has 6 nitrogen and oxygen atoms in total. The number of carbonyl (C=O) groups excluding carboxylic acids is 1. The Morgan fingerprint density at radius 2 is 1.88 bits per heavy atom. The first-order chi connectivity index (χ1) is 11.6. The van der Waals surface area contributed by atoms with Gasteiger partial charge in [0.25, 0.3) is 5.91 Å². The number of anilines is 1. The van der Waals surface area contributed by atoms with Gasteiger partial charge >= 0.3 is 0 Å². The Hall–Kier alpha value is -3.06. The van der Waals surface area contributed by atoms with Gasteiger partial charge in [0.05, 0.1) is 12.6 Å². The topological polar surface area (TPSA) is 80.0 Å². The molecular formula is C17H15FN4O2. The van der Waals surface area contributed by atoms with Crippen LogP contribution in [0, 0.1) is 5.82 Å². The Morgan fingerprint density at radius 3 is 2.58 bits per heavy atom. The number of hydrogen-bond acceptors (Lipinski definition) is 4. The summed E-state index contributed by atoms with van der Waals surface area (Å²) in [6, 6.07) is 14.5. The second-order valence-corrected chi connectivity index (χ2v) is 5.18. The van der Waals surface area contributed by atoms with Gasteiger partial charge in [0, 0.05) is 5.69 Å². The van der Waals surface area contributed by atoms with Crippen LogP contribution >= 0.6 is 0 Å². The molecule has 0 spiro atoms. The number of halogens is 1. The molecule has 3 rings (SSSR count). The quantitative estimate of drug-likeness (QED) is 0.754. The van der Waals surface area contributed by atoms with E-state index in [-0.39, 0.29) is 18.2 Å². The maximum Gasteiger partial charge on any atom is 0.295 e. The highest BCUT2D eigenvalue weighted by Crippen LogP contribution is 2.14. The lowest BCUT2D eigenvalue weighted by Gasteiger charge is -2.10. The number of aromatic nitrogens is 3. The Balaban J connectivity index is 1.64. The SMILES string of the molecule is O=C(Nc1ccc(F)cc1)c1ncn(CC(O)c2ccccc2)n1. The molecule has 1 atom stereocenters. The van der Waals surface area contributed by atoms with Gasteiger partial charge in [0.2, 0.25) is 5.82 Å². The lowest BCUT2D eigenvalue weighted by atomic mass is 10.1. The van der Waals surface area contributed by atoms with E-state index in [9.17, 15) is 14.3 Å². The van der Waals surface area contributed by atoms with Gasteiger partial charge < -0.3 is 10.4 Å². The number of rotatable bonds is 5. The molecule has 0 aliphatic rings. The molecular weight excluding hydrogens is 311 g/mol. The zero-order chi connectivity index (χ0) is 16.9. The van der Waals surface area contributed by atoms with E-state index in [4.69, 9.17) is 0 Å². The predicted molar refractivity (Wildman–Crippen MR) is 85.8 cm³/mol. The molecule has 1 aromatic heterocycles. The van der Waals surface area contributed by atoms with Crippen LogP contribution < -0.4 is 5.32 Å². The number of amides is 1. The molecule has 0 saturated carbocycles. The van der Waals surface area contributed by atoms with Crippen molar-refractivity contribution in [3.63, 3.8) is 0 Å². The Kier molecular flexibility index (Phi) is 4.62. The van der Waals surface area contributed by atoms with Crippen LogP contribution in [0.5, 0.6) is 0 Å². The van der Waals surface area contributed by atoms with Crippen LogP contribution in [0.1, 0.15) is 22.3 Å². The van der Waals surface area contributed by atoms with E-state index in [0.717, 1.165) is 5.56 Å². The highest BCUT2D eigenvalue weighted by molar-refractivity contribution is 6.01. The van der Waals surface area contributed by atoms with E-state index in [1.165, 1.54) is 35.3 Å². The smallest absolute Gasteiger partial charge is 0.295 e. The van der Waals surface area contributed by atoms with Crippen LogP contribution in [0.25, 0.3) is 0 Å². The molecule has 3 aromatic rings. The van der Waals surface area contributed by atoms with Gasteiger partial charge in [-0.15, -0.1) is 5.10 Å². The normalized spacial score (nSPS) is 11.9. The summed E-state index contributed by atoms with van der Waals surface area (Å²) in [6.45, 7) is 0.181. The lowest BCUT2D eigenvalue weighted by molar-refractivity contribution is 0.101. The summed E-state index contributed by atoms with van der Waals surface area (Å²) in [7, 11) is 0. The van der Waals surface area contributed by atoms with Crippen molar-refractivity contribution in [2.45, 2.75) is 12.6 Å². The molecule has 2 aromatic carbocycles. The number of carbonyl (C=O) groups is 1. The fourth-order valence-corrected chi connectivity index (χ4v) is 2.16. The van der Waals surface area contributed by atoms with Gasteiger partial charge in [-0.05, 0) is 29.8 Å². The molecule has 1 heterocycles. The maximum atomic E-state index is 12.8. The molecule has 0 aliphatic heterocycles. The third kappa shape index (κ3) is 3.82. The van der Waals surface area contributed by atoms with Gasteiger partial charge in [0.1, 0.15) is 12.1 Å². The summed E-state index contributed by atoms with van der Waals surface area (Å²) in [5.74, 6) is -0.917. The van der Waals surface area contributed by atoms with Crippen LogP contribution in [0.15, 0.2) is 60.9 Å². The van der Waals surface area contributed by atoms with Crippen molar-refractivity contribution in [2.75, 3.05) is 5.32 Å². The minimum atomic E-state index is -0.749. The molecule has 0 saturated heterocycles. The minimum absolute atomic E-state index is 0.0282. The molecule has 2 N–H and O–H groups in total. The fourth-order valence-electron chi connectivity index (χ4n) is 2.16. The third-order valence-corrected chi connectivity index (χ3v) is 3.39. The summed E-state index contributed by atoms with van der Waals surface area (Å²) in [6.07, 6.45) is 0.632. The number of aliphatic hydroxyl groups is 1. The standard InChI is InChI=1S/C17H15FN4O2/c18-13-6-8-14(9-7-13)20-17(24)16-19-11-22(21-16)10-15(23)12-4-2-1-3-5-12/h1-9,11,15,23H,10H2,(H,20,24). The molecule has 1 unspecified atom stereocenters. The zero-order valence-electron chi connectivity index (χ0n) is 12.6. The van der Waals surface area contributed by atoms with Crippen molar-refractivity contribution >= 4 is 11.6 Å². The first kappa shape index (κ1) is 15.8. The summed E-state index contributed by atoms with van der Waals surface area (Å²) >= 11 is 0. The van der Waals surface area contributed by atoms with Gasteiger partial charge in [0.15, 0.2) is 0 Å². The van der Waals surface area contributed by atoms with E-state index in [1.807, 2.05) is 30.3 Å². The molecule has 0 aliphatic carbocycles. The largest absolute Gasteiger partial charge is 0.386 e. The number of aliphatic hydroxyl groups excluding tert-OH is 1. The Morgan fingerprint density at radius 1 is 1.17 bits per heavy atom. The van der Waals surface area contributed by atoms with E-state index >= 15 is 0 Å². The first-order valence-electron chi connectivity index (χ1n) is 7.31. The zero-order valence-corrected chi connectivity index (χ0v) is 12.6. The average molecular weight is 326 g/mol. The highest BCUT2D eigenvalue weighted by Gasteiger charge is 2.14. The molecule has 0 bridgehead atoms. The van der Waals surface area contributed by atoms with Gasteiger partial charge in [-0.25, -0.2) is 14.1 Å². The highest BCUT2D eigenvalue weighted by atomic mass is 19.1. The van der Waals surface area contributed by atoms with Crippen molar-refractivity contribution in [3.8, 4) is 0 Å². The Bertz CT molecular complexity index is 818. The van der Waals surface area contributed by atoms with Gasteiger partial charge in [-0.1, -0.05) is 30.3 Å². The van der Waals surface area contributed by atoms with Crippen LogP contribution in [0.4, 0.5) is 10.1 Å². The van der Waals surface area contributed by atoms with E-state index in [2.05, 4.69) is 15.4 Å². The summed E-state index contributed by atoms with van der Waals surface area (Å²) in [5, 5.41) is 16.8. The predicted octanol–water partition coefficient (Wildman–Crippen LogP) is 2.40. The van der Waals surface area contributed by atoms with Crippen molar-refractivity contribution in [2.24, 2.45) is 0 Å². The molecule has 24 heavy (non-hydrogen) atoms. The monoisotopic (exact) mass is 326 g/mol.